The quantitative estimate of drug-likeness (QED) is 0.422. The summed E-state index contributed by atoms with van der Waals surface area (Å²) in [5.41, 5.74) is 1.01. The molecule has 0 bridgehead atoms. The van der Waals surface area contributed by atoms with E-state index in [9.17, 15) is 9.59 Å². The second kappa shape index (κ2) is 7.43. The van der Waals surface area contributed by atoms with Gasteiger partial charge in [-0.15, -0.1) is 0 Å². The van der Waals surface area contributed by atoms with E-state index in [-0.39, 0.29) is 18.1 Å². The molecule has 0 amide bonds. The first-order chi connectivity index (χ1) is 8.67. The molecule has 0 spiro atoms. The Labute approximate surface area is 107 Å². The highest BCUT2D eigenvalue weighted by molar-refractivity contribution is 5.94. The first kappa shape index (κ1) is 14.2. The van der Waals surface area contributed by atoms with Crippen LogP contribution in [0.2, 0.25) is 0 Å². The van der Waals surface area contributed by atoms with Gasteiger partial charge in [-0.1, -0.05) is 37.3 Å². The van der Waals surface area contributed by atoms with Crippen molar-refractivity contribution in [2.75, 3.05) is 0 Å². The Kier molecular flexibility index (Phi) is 5.85. The van der Waals surface area contributed by atoms with Crippen LogP contribution in [0.25, 0.3) is 0 Å². The van der Waals surface area contributed by atoms with Crippen molar-refractivity contribution in [1.82, 2.24) is 0 Å². The fourth-order valence-electron chi connectivity index (χ4n) is 1.50. The maximum atomic E-state index is 11.8. The Balaban J connectivity index is 2.53. The van der Waals surface area contributed by atoms with Gasteiger partial charge in [0.25, 0.3) is 0 Å². The average molecular weight is 246 g/mol. The molecule has 3 nitrogen and oxygen atoms in total. The number of hydrogen-bond donors (Lipinski definition) is 0. The smallest absolute Gasteiger partial charge is 0.197 e. The van der Waals surface area contributed by atoms with Gasteiger partial charge in [-0.2, -0.15) is 0 Å². The number of benzene rings is 1. The molecule has 0 aliphatic carbocycles. The van der Waals surface area contributed by atoms with E-state index < -0.39 is 0 Å². The van der Waals surface area contributed by atoms with E-state index in [4.69, 9.17) is 4.74 Å². The van der Waals surface area contributed by atoms with Crippen LogP contribution in [0.1, 0.15) is 25.8 Å². The van der Waals surface area contributed by atoms with Gasteiger partial charge in [0.15, 0.2) is 11.5 Å². The Bertz CT molecular complexity index is 421. The summed E-state index contributed by atoms with van der Waals surface area (Å²) in [6, 6.07) is 9.64. The first-order valence-electron chi connectivity index (χ1n) is 5.99. The van der Waals surface area contributed by atoms with E-state index in [0.717, 1.165) is 11.8 Å². The maximum absolute atomic E-state index is 11.8. The van der Waals surface area contributed by atoms with Gasteiger partial charge < -0.3 is 9.53 Å². The lowest BCUT2D eigenvalue weighted by Crippen LogP contribution is -2.11. The molecular weight excluding hydrogens is 228 g/mol. The Hall–Kier alpha value is -1.90. The third-order valence-electron chi connectivity index (χ3n) is 2.51. The number of ether oxygens (including phenoxy) is 1. The van der Waals surface area contributed by atoms with Crippen LogP contribution in [0.3, 0.4) is 0 Å². The highest BCUT2D eigenvalue weighted by atomic mass is 16.5. The second-order valence-corrected chi connectivity index (χ2v) is 4.17. The maximum Gasteiger partial charge on any atom is 0.197 e. The van der Waals surface area contributed by atoms with Crippen molar-refractivity contribution in [1.29, 1.82) is 0 Å². The third-order valence-corrected chi connectivity index (χ3v) is 2.51. The normalized spacial score (nSPS) is 12.9. The molecule has 96 valence electrons. The van der Waals surface area contributed by atoms with E-state index in [0.29, 0.717) is 12.4 Å². The Morgan fingerprint density at radius 3 is 2.56 bits per heavy atom. The second-order valence-electron chi connectivity index (χ2n) is 4.17. The molecule has 3 heteroatoms. The number of Topliss-reactive ketones (excluding diaryl/α,β-unsaturated/α-hetero) is 1. The Morgan fingerprint density at radius 1 is 1.33 bits per heavy atom. The lowest BCUT2D eigenvalue weighted by Gasteiger charge is -2.10. The van der Waals surface area contributed by atoms with Crippen molar-refractivity contribution in [2.24, 2.45) is 5.92 Å². The van der Waals surface area contributed by atoms with Crippen molar-refractivity contribution < 1.29 is 14.3 Å². The summed E-state index contributed by atoms with van der Waals surface area (Å²) in [7, 11) is 0. The molecule has 0 radical (unpaired) electrons. The average Bonchev–Trinajstić information content (AvgIpc) is 2.40. The lowest BCUT2D eigenvalue weighted by molar-refractivity contribution is -0.122. The SMILES string of the molecule is C/C=C(/OCc1ccccc1)C(=O)CC(C)C=O. The van der Waals surface area contributed by atoms with Crippen LogP contribution in [0.4, 0.5) is 0 Å². The van der Waals surface area contributed by atoms with Gasteiger partial charge in [-0.05, 0) is 18.6 Å². The topological polar surface area (TPSA) is 43.4 Å². The van der Waals surface area contributed by atoms with E-state index in [1.807, 2.05) is 30.3 Å². The summed E-state index contributed by atoms with van der Waals surface area (Å²) in [6.07, 6.45) is 2.61. The lowest BCUT2D eigenvalue weighted by atomic mass is 10.1. The number of allylic oxidation sites excluding steroid dienone is 2. The molecule has 1 aromatic rings. The molecule has 0 aliphatic heterocycles. The first-order valence-corrected chi connectivity index (χ1v) is 5.99. The van der Waals surface area contributed by atoms with Gasteiger partial charge in [0, 0.05) is 12.3 Å². The van der Waals surface area contributed by atoms with E-state index in [1.54, 1.807) is 19.9 Å². The zero-order valence-corrected chi connectivity index (χ0v) is 10.8. The highest BCUT2D eigenvalue weighted by Crippen LogP contribution is 2.11. The molecule has 0 aliphatic rings. The highest BCUT2D eigenvalue weighted by Gasteiger charge is 2.14. The van der Waals surface area contributed by atoms with E-state index >= 15 is 0 Å². The predicted octanol–water partition coefficient (Wildman–Crippen LogP) is 2.90. The van der Waals surface area contributed by atoms with E-state index in [2.05, 4.69) is 0 Å². The van der Waals surface area contributed by atoms with Crippen LogP contribution < -0.4 is 0 Å². The van der Waals surface area contributed by atoms with Crippen molar-refractivity contribution >= 4 is 12.1 Å². The van der Waals surface area contributed by atoms with Gasteiger partial charge in [0.05, 0.1) is 0 Å². The third kappa shape index (κ3) is 4.53. The number of aldehydes is 1. The van der Waals surface area contributed by atoms with Gasteiger partial charge >= 0.3 is 0 Å². The zero-order chi connectivity index (χ0) is 13.4. The summed E-state index contributed by atoms with van der Waals surface area (Å²) in [4.78, 5) is 22.3. The summed E-state index contributed by atoms with van der Waals surface area (Å²) in [5.74, 6) is -0.0756. The minimum Gasteiger partial charge on any atom is -0.486 e. The molecule has 1 atom stereocenters. The summed E-state index contributed by atoms with van der Waals surface area (Å²) in [6.45, 7) is 3.83. The van der Waals surface area contributed by atoms with Crippen molar-refractivity contribution in [3.63, 3.8) is 0 Å². The predicted molar refractivity (Wildman–Crippen MR) is 69.8 cm³/mol. The van der Waals surface area contributed by atoms with Crippen LogP contribution >= 0.6 is 0 Å². The van der Waals surface area contributed by atoms with Gasteiger partial charge in [-0.25, -0.2) is 0 Å². The number of carbonyl (C=O) groups excluding carboxylic acids is 2. The molecule has 0 saturated heterocycles. The van der Waals surface area contributed by atoms with Gasteiger partial charge in [0.2, 0.25) is 0 Å². The molecule has 18 heavy (non-hydrogen) atoms. The van der Waals surface area contributed by atoms with Crippen LogP contribution in [0.5, 0.6) is 0 Å². The molecule has 0 N–H and O–H groups in total. The minimum atomic E-state index is -0.271. The monoisotopic (exact) mass is 246 g/mol. The van der Waals surface area contributed by atoms with Crippen LogP contribution in [0.15, 0.2) is 42.2 Å². The number of hydrogen-bond acceptors (Lipinski definition) is 3. The summed E-state index contributed by atoms with van der Waals surface area (Å²) >= 11 is 0. The fraction of sp³-hybridized carbons (Fsp3) is 0.333. The van der Waals surface area contributed by atoms with E-state index in [1.165, 1.54) is 0 Å². The standard InChI is InChI=1S/C15H18O3/c1-3-15(14(17)9-12(2)10-16)18-11-13-7-5-4-6-8-13/h3-8,10,12H,9,11H2,1-2H3/b15-3+. The zero-order valence-electron chi connectivity index (χ0n) is 10.8. The summed E-state index contributed by atoms with van der Waals surface area (Å²) in [5, 5.41) is 0. The van der Waals surface area contributed by atoms with Crippen LogP contribution in [0, 0.1) is 5.92 Å². The van der Waals surface area contributed by atoms with Crippen LogP contribution in [-0.2, 0) is 20.9 Å². The number of carbonyl (C=O) groups is 2. The number of rotatable bonds is 7. The fourth-order valence-corrected chi connectivity index (χ4v) is 1.50. The van der Waals surface area contributed by atoms with Gasteiger partial charge in [0.1, 0.15) is 12.9 Å². The molecule has 0 heterocycles. The molecule has 0 aromatic heterocycles. The van der Waals surface area contributed by atoms with Crippen molar-refractivity contribution in [3.8, 4) is 0 Å². The summed E-state index contributed by atoms with van der Waals surface area (Å²) < 4.78 is 5.48. The van der Waals surface area contributed by atoms with Crippen LogP contribution in [-0.4, -0.2) is 12.1 Å². The molecular formula is C15H18O3. The molecule has 0 saturated carbocycles. The van der Waals surface area contributed by atoms with Gasteiger partial charge in [-0.3, -0.25) is 4.79 Å². The Morgan fingerprint density at radius 2 is 2.00 bits per heavy atom. The molecule has 1 rings (SSSR count). The number of ketones is 1. The minimum absolute atomic E-state index is 0.131. The molecule has 0 fully saturated rings. The molecule has 1 aromatic carbocycles. The van der Waals surface area contributed by atoms with Crippen molar-refractivity contribution in [2.45, 2.75) is 26.9 Å². The van der Waals surface area contributed by atoms with Crippen molar-refractivity contribution in [3.05, 3.63) is 47.7 Å². The largest absolute Gasteiger partial charge is 0.486 e. The molecule has 1 unspecified atom stereocenters.